The van der Waals surface area contributed by atoms with Gasteiger partial charge in [-0.25, -0.2) is 4.79 Å². The van der Waals surface area contributed by atoms with Crippen LogP contribution in [-0.2, 0) is 16.0 Å². The lowest BCUT2D eigenvalue weighted by Crippen LogP contribution is -2.39. The number of nitrogens with one attached hydrogen (secondary N) is 2. The first-order valence-electron chi connectivity index (χ1n) is 5.45. The summed E-state index contributed by atoms with van der Waals surface area (Å²) in [5, 5.41) is 5.68. The SMILES string of the molecule is COC(=O)CNC(=O)NCCc1cccc(Cl)c1. The van der Waals surface area contributed by atoms with Crippen LogP contribution >= 0.6 is 11.6 Å². The molecule has 0 aliphatic rings. The summed E-state index contributed by atoms with van der Waals surface area (Å²) in [6, 6.07) is 7.02. The molecule has 2 amide bonds. The van der Waals surface area contributed by atoms with Crippen molar-refractivity contribution in [3.8, 4) is 0 Å². The van der Waals surface area contributed by atoms with Crippen LogP contribution in [0.5, 0.6) is 0 Å². The number of urea groups is 1. The first-order chi connectivity index (χ1) is 8.61. The number of benzene rings is 1. The Labute approximate surface area is 110 Å². The monoisotopic (exact) mass is 270 g/mol. The largest absolute Gasteiger partial charge is 0.468 e. The van der Waals surface area contributed by atoms with Crippen LogP contribution in [0, 0.1) is 0 Å². The molecule has 0 aromatic heterocycles. The minimum absolute atomic E-state index is 0.139. The van der Waals surface area contributed by atoms with Gasteiger partial charge in [0, 0.05) is 11.6 Å². The van der Waals surface area contributed by atoms with Crippen LogP contribution in [0.4, 0.5) is 4.79 Å². The number of esters is 1. The van der Waals surface area contributed by atoms with Crippen LogP contribution in [0.15, 0.2) is 24.3 Å². The summed E-state index contributed by atoms with van der Waals surface area (Å²) in [5.74, 6) is -0.486. The first-order valence-corrected chi connectivity index (χ1v) is 5.82. The van der Waals surface area contributed by atoms with E-state index in [1.54, 1.807) is 6.07 Å². The highest BCUT2D eigenvalue weighted by Gasteiger charge is 2.04. The molecule has 0 spiro atoms. The van der Waals surface area contributed by atoms with Gasteiger partial charge in [-0.1, -0.05) is 23.7 Å². The number of carbonyl (C=O) groups excluding carboxylic acids is 2. The maximum absolute atomic E-state index is 11.3. The van der Waals surface area contributed by atoms with Gasteiger partial charge in [-0.2, -0.15) is 0 Å². The molecule has 5 nitrogen and oxygen atoms in total. The topological polar surface area (TPSA) is 67.4 Å². The Morgan fingerprint density at radius 3 is 2.78 bits per heavy atom. The third kappa shape index (κ3) is 5.54. The van der Waals surface area contributed by atoms with E-state index in [2.05, 4.69) is 15.4 Å². The molecule has 0 fully saturated rings. The average molecular weight is 271 g/mol. The smallest absolute Gasteiger partial charge is 0.325 e. The Bertz CT molecular complexity index is 424. The van der Waals surface area contributed by atoms with Gasteiger partial charge in [0.1, 0.15) is 6.54 Å². The standard InChI is InChI=1S/C12H15ClN2O3/c1-18-11(16)8-15-12(17)14-6-5-9-3-2-4-10(13)7-9/h2-4,7H,5-6,8H2,1H3,(H2,14,15,17). The van der Waals surface area contributed by atoms with Crippen LogP contribution in [0.25, 0.3) is 0 Å². The molecule has 0 heterocycles. The van der Waals surface area contributed by atoms with Gasteiger partial charge >= 0.3 is 12.0 Å². The summed E-state index contributed by atoms with van der Waals surface area (Å²) in [6.45, 7) is 0.326. The van der Waals surface area contributed by atoms with E-state index in [0.29, 0.717) is 18.0 Å². The summed E-state index contributed by atoms with van der Waals surface area (Å²) in [4.78, 5) is 22.0. The predicted octanol–water partition coefficient (Wildman–Crippen LogP) is 1.35. The van der Waals surface area contributed by atoms with E-state index in [1.165, 1.54) is 7.11 Å². The molecule has 98 valence electrons. The number of carbonyl (C=O) groups is 2. The number of rotatable bonds is 5. The van der Waals surface area contributed by atoms with Crippen molar-refractivity contribution >= 4 is 23.6 Å². The van der Waals surface area contributed by atoms with Crippen molar-refractivity contribution in [3.63, 3.8) is 0 Å². The molecule has 0 aliphatic carbocycles. The molecular formula is C12H15ClN2O3. The van der Waals surface area contributed by atoms with Crippen molar-refractivity contribution in [2.24, 2.45) is 0 Å². The summed E-state index contributed by atoms with van der Waals surface area (Å²) in [6.07, 6.45) is 0.673. The molecule has 1 aromatic rings. The fraction of sp³-hybridized carbons (Fsp3) is 0.333. The molecule has 18 heavy (non-hydrogen) atoms. The third-order valence-electron chi connectivity index (χ3n) is 2.21. The zero-order valence-electron chi connectivity index (χ0n) is 10.0. The number of methoxy groups -OCH3 is 1. The van der Waals surface area contributed by atoms with Gasteiger partial charge in [0.15, 0.2) is 0 Å². The summed E-state index contributed by atoms with van der Waals surface area (Å²) >= 11 is 5.84. The second kappa shape index (κ2) is 7.55. The Balaban J connectivity index is 2.21. The Kier molecular flexibility index (Phi) is 6.00. The van der Waals surface area contributed by atoms with Crippen molar-refractivity contribution in [2.45, 2.75) is 6.42 Å². The van der Waals surface area contributed by atoms with Gasteiger partial charge < -0.3 is 15.4 Å². The summed E-state index contributed by atoms with van der Waals surface area (Å²) in [5.41, 5.74) is 1.04. The number of ether oxygens (including phenoxy) is 1. The highest BCUT2D eigenvalue weighted by molar-refractivity contribution is 6.30. The quantitative estimate of drug-likeness (QED) is 0.794. The van der Waals surface area contributed by atoms with E-state index >= 15 is 0 Å². The zero-order chi connectivity index (χ0) is 13.4. The van der Waals surface area contributed by atoms with Crippen molar-refractivity contribution in [2.75, 3.05) is 20.2 Å². The van der Waals surface area contributed by atoms with E-state index in [-0.39, 0.29) is 6.54 Å². The van der Waals surface area contributed by atoms with Gasteiger partial charge in [-0.3, -0.25) is 4.79 Å². The van der Waals surface area contributed by atoms with Crippen LogP contribution in [0.3, 0.4) is 0 Å². The van der Waals surface area contributed by atoms with Crippen molar-refractivity contribution in [1.29, 1.82) is 0 Å². The minimum atomic E-state index is -0.486. The van der Waals surface area contributed by atoms with Crippen LogP contribution in [0.1, 0.15) is 5.56 Å². The lowest BCUT2D eigenvalue weighted by molar-refractivity contribution is -0.139. The molecule has 0 radical (unpaired) electrons. The van der Waals surface area contributed by atoms with E-state index in [9.17, 15) is 9.59 Å². The van der Waals surface area contributed by atoms with Gasteiger partial charge in [-0.15, -0.1) is 0 Å². The zero-order valence-corrected chi connectivity index (χ0v) is 10.8. The van der Waals surface area contributed by atoms with Crippen molar-refractivity contribution in [1.82, 2.24) is 10.6 Å². The van der Waals surface area contributed by atoms with Gasteiger partial charge in [-0.05, 0) is 24.1 Å². The number of amides is 2. The molecule has 0 bridgehead atoms. The molecule has 1 rings (SSSR count). The number of halogens is 1. The van der Waals surface area contributed by atoms with E-state index in [0.717, 1.165) is 5.56 Å². The highest BCUT2D eigenvalue weighted by atomic mass is 35.5. The third-order valence-corrected chi connectivity index (χ3v) is 2.44. The molecular weight excluding hydrogens is 256 g/mol. The Hall–Kier alpha value is -1.75. The summed E-state index contributed by atoms with van der Waals surface area (Å²) in [7, 11) is 1.26. The first kappa shape index (κ1) is 14.3. The van der Waals surface area contributed by atoms with Gasteiger partial charge in [0.05, 0.1) is 7.11 Å². The van der Waals surface area contributed by atoms with Crippen LogP contribution < -0.4 is 10.6 Å². The second-order valence-electron chi connectivity index (χ2n) is 3.57. The molecule has 0 saturated carbocycles. The fourth-order valence-electron chi connectivity index (χ4n) is 1.30. The Morgan fingerprint density at radius 2 is 2.11 bits per heavy atom. The molecule has 0 aliphatic heterocycles. The highest BCUT2D eigenvalue weighted by Crippen LogP contribution is 2.10. The van der Waals surface area contributed by atoms with Crippen LogP contribution in [0.2, 0.25) is 5.02 Å². The van der Waals surface area contributed by atoms with E-state index in [1.807, 2.05) is 18.2 Å². The lowest BCUT2D eigenvalue weighted by Gasteiger charge is -2.06. The molecule has 6 heteroatoms. The molecule has 0 atom stereocenters. The van der Waals surface area contributed by atoms with Gasteiger partial charge in [0.25, 0.3) is 0 Å². The van der Waals surface area contributed by atoms with Crippen LogP contribution in [-0.4, -0.2) is 32.2 Å². The second-order valence-corrected chi connectivity index (χ2v) is 4.00. The summed E-state index contributed by atoms with van der Waals surface area (Å²) < 4.78 is 4.39. The average Bonchev–Trinajstić information content (AvgIpc) is 2.36. The molecule has 0 unspecified atom stereocenters. The fourth-order valence-corrected chi connectivity index (χ4v) is 1.51. The normalized spacial score (nSPS) is 9.67. The minimum Gasteiger partial charge on any atom is -0.468 e. The Morgan fingerprint density at radius 1 is 1.33 bits per heavy atom. The lowest BCUT2D eigenvalue weighted by atomic mass is 10.1. The van der Waals surface area contributed by atoms with Gasteiger partial charge in [0.2, 0.25) is 0 Å². The van der Waals surface area contributed by atoms with E-state index in [4.69, 9.17) is 11.6 Å². The maximum atomic E-state index is 11.3. The van der Waals surface area contributed by atoms with Crippen molar-refractivity contribution < 1.29 is 14.3 Å². The maximum Gasteiger partial charge on any atom is 0.325 e. The van der Waals surface area contributed by atoms with Crippen molar-refractivity contribution in [3.05, 3.63) is 34.9 Å². The number of hydrogen-bond donors (Lipinski definition) is 2. The molecule has 2 N–H and O–H groups in total. The predicted molar refractivity (Wildman–Crippen MR) is 68.6 cm³/mol. The van der Waals surface area contributed by atoms with E-state index < -0.39 is 12.0 Å². The molecule has 0 saturated heterocycles. The molecule has 1 aromatic carbocycles. The number of hydrogen-bond acceptors (Lipinski definition) is 3.